The van der Waals surface area contributed by atoms with Crippen molar-refractivity contribution in [2.24, 2.45) is 0 Å². The van der Waals surface area contributed by atoms with Crippen molar-refractivity contribution < 1.29 is 33.5 Å². The number of nitrogens with one attached hydrogen (secondary N) is 3. The molecule has 8 nitrogen and oxygen atoms in total. The predicted octanol–water partition coefficient (Wildman–Crippen LogP) is -0.891. The summed E-state index contributed by atoms with van der Waals surface area (Å²) in [5.74, 6) is 3.11. The molecule has 0 aliphatic carbocycles. The molecular formula is C22H27N3O5+2. The number of quaternary nitrogens is 2. The van der Waals surface area contributed by atoms with Crippen LogP contribution >= 0.6 is 0 Å². The monoisotopic (exact) mass is 413 g/mol. The number of hydrogen-bond donors (Lipinski definition) is 3. The molecule has 0 saturated carbocycles. The van der Waals surface area contributed by atoms with E-state index in [1.54, 1.807) is 0 Å². The molecule has 3 aliphatic rings. The number of piperazine rings is 1. The van der Waals surface area contributed by atoms with E-state index in [1.165, 1.54) is 15.4 Å². The van der Waals surface area contributed by atoms with Crippen molar-refractivity contribution in [2.75, 3.05) is 58.0 Å². The lowest BCUT2D eigenvalue weighted by atomic mass is 10.1. The van der Waals surface area contributed by atoms with Crippen LogP contribution in [0, 0.1) is 0 Å². The van der Waals surface area contributed by atoms with Crippen molar-refractivity contribution in [3.63, 3.8) is 0 Å². The molecule has 3 N–H and O–H groups in total. The second-order valence-corrected chi connectivity index (χ2v) is 7.95. The first-order chi connectivity index (χ1) is 14.7. The summed E-state index contributed by atoms with van der Waals surface area (Å²) >= 11 is 0. The van der Waals surface area contributed by atoms with E-state index in [4.69, 9.17) is 18.9 Å². The molecule has 3 aliphatic heterocycles. The molecule has 0 spiro atoms. The Bertz CT molecular complexity index is 927. The average molecular weight is 413 g/mol. The van der Waals surface area contributed by atoms with Crippen LogP contribution in [0.2, 0.25) is 0 Å². The quantitative estimate of drug-likeness (QED) is 0.593. The van der Waals surface area contributed by atoms with Crippen molar-refractivity contribution in [2.45, 2.75) is 6.54 Å². The Balaban J connectivity index is 1.09. The maximum absolute atomic E-state index is 12.5. The smallest absolute Gasteiger partial charge is 0.279 e. The van der Waals surface area contributed by atoms with Gasteiger partial charge in [0.15, 0.2) is 29.5 Å². The molecule has 158 valence electrons. The van der Waals surface area contributed by atoms with Crippen molar-refractivity contribution in [3.8, 4) is 23.0 Å². The van der Waals surface area contributed by atoms with Crippen LogP contribution in [0.15, 0.2) is 36.4 Å². The van der Waals surface area contributed by atoms with Gasteiger partial charge in [0, 0.05) is 17.3 Å². The highest BCUT2D eigenvalue weighted by Crippen LogP contribution is 2.33. The zero-order valence-electron chi connectivity index (χ0n) is 16.9. The average Bonchev–Trinajstić information content (AvgIpc) is 3.23. The Morgan fingerprint density at radius 2 is 1.47 bits per heavy atom. The molecule has 2 aromatic rings. The third-order valence-corrected chi connectivity index (χ3v) is 5.79. The Kier molecular flexibility index (Phi) is 5.33. The zero-order chi connectivity index (χ0) is 20.3. The van der Waals surface area contributed by atoms with E-state index in [2.05, 4.69) is 17.4 Å². The summed E-state index contributed by atoms with van der Waals surface area (Å²) in [4.78, 5) is 15.3. The van der Waals surface area contributed by atoms with E-state index in [9.17, 15) is 4.79 Å². The molecule has 0 bridgehead atoms. The molecule has 0 aromatic heterocycles. The van der Waals surface area contributed by atoms with Gasteiger partial charge in [-0.1, -0.05) is 0 Å². The van der Waals surface area contributed by atoms with Crippen LogP contribution in [0.25, 0.3) is 0 Å². The maximum atomic E-state index is 12.5. The summed E-state index contributed by atoms with van der Waals surface area (Å²) in [7, 11) is 0. The summed E-state index contributed by atoms with van der Waals surface area (Å²) in [5, 5.41) is 2.99. The molecule has 1 saturated heterocycles. The van der Waals surface area contributed by atoms with Gasteiger partial charge in [0.05, 0.1) is 0 Å². The summed E-state index contributed by atoms with van der Waals surface area (Å²) in [6.45, 7) is 6.89. The lowest BCUT2D eigenvalue weighted by Crippen LogP contribution is -3.28. The topological polar surface area (TPSA) is 74.9 Å². The second-order valence-electron chi connectivity index (χ2n) is 7.95. The number of benzene rings is 2. The van der Waals surface area contributed by atoms with Crippen LogP contribution in [-0.2, 0) is 11.3 Å². The zero-order valence-corrected chi connectivity index (χ0v) is 16.9. The lowest BCUT2D eigenvalue weighted by molar-refractivity contribution is -1.02. The number of ether oxygens (including phenoxy) is 4. The minimum Gasteiger partial charge on any atom is -0.486 e. The van der Waals surface area contributed by atoms with Gasteiger partial charge in [-0.05, 0) is 30.3 Å². The van der Waals surface area contributed by atoms with Crippen LogP contribution in [0.4, 0.5) is 5.69 Å². The van der Waals surface area contributed by atoms with Crippen LogP contribution in [0.5, 0.6) is 23.0 Å². The van der Waals surface area contributed by atoms with E-state index < -0.39 is 0 Å². The normalized spacial score (nSPS) is 21.9. The Morgan fingerprint density at radius 3 is 2.33 bits per heavy atom. The minimum atomic E-state index is 0.0286. The Morgan fingerprint density at radius 1 is 0.800 bits per heavy atom. The molecular weight excluding hydrogens is 386 g/mol. The van der Waals surface area contributed by atoms with E-state index in [0.29, 0.717) is 32.3 Å². The molecule has 5 rings (SSSR count). The van der Waals surface area contributed by atoms with Gasteiger partial charge in [-0.25, -0.2) is 0 Å². The number of carbonyl (C=O) groups is 1. The van der Waals surface area contributed by atoms with E-state index in [0.717, 1.165) is 55.7 Å². The standard InChI is InChI=1S/C22H25N3O5/c26-22(23-17-2-4-18-21(12-17)28-10-9-27-18)14-25-7-5-24(6-8-25)13-16-1-3-19-20(11-16)30-15-29-19/h1-4,11-12H,5-10,13-15H2,(H,23,26)/p+2. The van der Waals surface area contributed by atoms with Crippen molar-refractivity contribution in [1.82, 2.24) is 0 Å². The van der Waals surface area contributed by atoms with Crippen molar-refractivity contribution >= 4 is 11.6 Å². The Hall–Kier alpha value is -2.97. The molecule has 30 heavy (non-hydrogen) atoms. The largest absolute Gasteiger partial charge is 0.486 e. The molecule has 1 fully saturated rings. The summed E-state index contributed by atoms with van der Waals surface area (Å²) in [6, 6.07) is 11.7. The van der Waals surface area contributed by atoms with Gasteiger partial charge in [0.2, 0.25) is 6.79 Å². The Labute approximate surface area is 175 Å². The van der Waals surface area contributed by atoms with Crippen LogP contribution in [0.3, 0.4) is 0 Å². The highest BCUT2D eigenvalue weighted by atomic mass is 16.7. The lowest BCUT2D eigenvalue weighted by Gasteiger charge is -2.29. The van der Waals surface area contributed by atoms with E-state index in [-0.39, 0.29) is 5.91 Å². The summed E-state index contributed by atoms with van der Waals surface area (Å²) in [6.07, 6.45) is 0. The third-order valence-electron chi connectivity index (χ3n) is 5.79. The number of hydrogen-bond acceptors (Lipinski definition) is 5. The SMILES string of the molecule is O=C(C[NH+]1CC[NH+](Cc2ccc3c(c2)OCO3)CC1)Nc1ccc2c(c1)OCCO2. The summed E-state index contributed by atoms with van der Waals surface area (Å²) in [5.41, 5.74) is 2.00. The number of fused-ring (bicyclic) bond motifs is 2. The molecule has 8 heteroatoms. The molecule has 0 unspecified atom stereocenters. The van der Waals surface area contributed by atoms with Crippen molar-refractivity contribution in [1.29, 1.82) is 0 Å². The first kappa shape index (κ1) is 19.0. The number of rotatable bonds is 5. The van der Waals surface area contributed by atoms with Gasteiger partial charge in [-0.15, -0.1) is 0 Å². The molecule has 0 atom stereocenters. The van der Waals surface area contributed by atoms with Crippen molar-refractivity contribution in [3.05, 3.63) is 42.0 Å². The summed E-state index contributed by atoms with van der Waals surface area (Å²) < 4.78 is 22.0. The van der Waals surface area contributed by atoms with E-state index >= 15 is 0 Å². The molecule has 3 heterocycles. The fourth-order valence-electron chi connectivity index (χ4n) is 4.20. The first-order valence-corrected chi connectivity index (χ1v) is 10.5. The van der Waals surface area contributed by atoms with Crippen LogP contribution < -0.4 is 34.1 Å². The van der Waals surface area contributed by atoms with Crippen LogP contribution in [-0.4, -0.2) is 58.6 Å². The fraction of sp³-hybridized carbons (Fsp3) is 0.409. The van der Waals surface area contributed by atoms with Gasteiger partial charge in [0.1, 0.15) is 45.9 Å². The van der Waals surface area contributed by atoms with Gasteiger partial charge in [-0.3, -0.25) is 4.79 Å². The highest BCUT2D eigenvalue weighted by Gasteiger charge is 2.26. The highest BCUT2D eigenvalue weighted by molar-refractivity contribution is 5.91. The molecule has 1 amide bonds. The number of anilines is 1. The molecule has 0 radical (unpaired) electrons. The van der Waals surface area contributed by atoms with Gasteiger partial charge >= 0.3 is 0 Å². The number of carbonyl (C=O) groups excluding carboxylic acids is 1. The van der Waals surface area contributed by atoms with Gasteiger partial charge in [0.25, 0.3) is 5.91 Å². The fourth-order valence-corrected chi connectivity index (χ4v) is 4.20. The van der Waals surface area contributed by atoms with Gasteiger partial charge < -0.3 is 34.1 Å². The first-order valence-electron chi connectivity index (χ1n) is 10.5. The third kappa shape index (κ3) is 4.29. The minimum absolute atomic E-state index is 0.0286. The maximum Gasteiger partial charge on any atom is 0.279 e. The van der Waals surface area contributed by atoms with E-state index in [1.807, 2.05) is 24.3 Å². The number of amides is 1. The van der Waals surface area contributed by atoms with Gasteiger partial charge in [-0.2, -0.15) is 0 Å². The molecule has 2 aromatic carbocycles. The van der Waals surface area contributed by atoms with Crippen LogP contribution in [0.1, 0.15) is 5.56 Å². The predicted molar refractivity (Wildman–Crippen MR) is 109 cm³/mol. The second kappa shape index (κ2) is 8.41.